The minimum Gasteiger partial charge on any atom is -0.457 e. The van der Waals surface area contributed by atoms with Gasteiger partial charge in [-0.25, -0.2) is 13.2 Å². The van der Waals surface area contributed by atoms with Gasteiger partial charge in [0.05, 0.1) is 0 Å². The van der Waals surface area contributed by atoms with Crippen LogP contribution in [-0.2, 0) is 21.4 Å². The molecule has 1 aliphatic heterocycles. The van der Waals surface area contributed by atoms with Crippen molar-refractivity contribution in [1.29, 1.82) is 0 Å². The smallest absolute Gasteiger partial charge is 0.374 e. The molecule has 0 aliphatic carbocycles. The number of fused-ring (bicyclic) bond motifs is 1. The third-order valence-electron chi connectivity index (χ3n) is 5.03. The molecule has 0 N–H and O–H groups in total. The summed E-state index contributed by atoms with van der Waals surface area (Å²) in [5.41, 5.74) is 1.62. The third kappa shape index (κ3) is 3.22. The average Bonchev–Trinajstić information content (AvgIpc) is 3.40. The van der Waals surface area contributed by atoms with Crippen LogP contribution in [0.15, 0.2) is 44.1 Å². The van der Waals surface area contributed by atoms with E-state index in [1.165, 1.54) is 17.3 Å². The highest BCUT2D eigenvalue weighted by Gasteiger charge is 2.32. The summed E-state index contributed by atoms with van der Waals surface area (Å²) in [5.74, 6) is -0.142. The van der Waals surface area contributed by atoms with Gasteiger partial charge in [-0.05, 0) is 32.8 Å². The van der Waals surface area contributed by atoms with Gasteiger partial charge in [0.15, 0.2) is 0 Å². The Morgan fingerprint density at radius 3 is 2.57 bits per heavy atom. The van der Waals surface area contributed by atoms with Crippen molar-refractivity contribution < 1.29 is 26.8 Å². The van der Waals surface area contributed by atoms with Crippen LogP contribution in [-0.4, -0.2) is 31.8 Å². The third-order valence-corrected chi connectivity index (χ3v) is 7.04. The predicted octanol–water partition coefficient (Wildman–Crippen LogP) is 3.78. The molecule has 1 aromatic carbocycles. The largest absolute Gasteiger partial charge is 0.457 e. The highest BCUT2D eigenvalue weighted by Crippen LogP contribution is 2.28. The number of furan rings is 2. The van der Waals surface area contributed by atoms with Crippen LogP contribution in [0.2, 0.25) is 0 Å². The summed E-state index contributed by atoms with van der Waals surface area (Å²) in [6, 6.07) is 8.81. The zero-order valence-corrected chi connectivity index (χ0v) is 16.5. The molecular weight excluding hydrogens is 382 g/mol. The number of benzene rings is 1. The van der Waals surface area contributed by atoms with E-state index in [0.29, 0.717) is 18.8 Å². The SMILES string of the molecule is Cc1oc(C(=O)OCc2oc3ccccc3c2C)cc1S(=O)(=O)N1CCCC1. The number of hydrogen-bond acceptors (Lipinski definition) is 6. The Labute approximate surface area is 162 Å². The van der Waals surface area contributed by atoms with Gasteiger partial charge in [0.25, 0.3) is 0 Å². The minimum absolute atomic E-state index is 0.0151. The second-order valence-electron chi connectivity index (χ2n) is 6.86. The second kappa shape index (κ2) is 7.10. The van der Waals surface area contributed by atoms with Gasteiger partial charge in [0, 0.05) is 30.1 Å². The fourth-order valence-electron chi connectivity index (χ4n) is 3.45. The lowest BCUT2D eigenvalue weighted by Crippen LogP contribution is -2.28. The quantitative estimate of drug-likeness (QED) is 0.602. The van der Waals surface area contributed by atoms with E-state index in [4.69, 9.17) is 13.6 Å². The number of para-hydroxylation sites is 1. The van der Waals surface area contributed by atoms with E-state index in [1.54, 1.807) is 0 Å². The predicted molar refractivity (Wildman–Crippen MR) is 102 cm³/mol. The van der Waals surface area contributed by atoms with Crippen LogP contribution in [0.4, 0.5) is 0 Å². The van der Waals surface area contributed by atoms with Crippen LogP contribution in [0.25, 0.3) is 11.0 Å². The molecule has 0 atom stereocenters. The molecule has 0 unspecified atom stereocenters. The van der Waals surface area contributed by atoms with E-state index in [-0.39, 0.29) is 23.0 Å². The molecule has 0 spiro atoms. The molecule has 0 amide bonds. The summed E-state index contributed by atoms with van der Waals surface area (Å²) in [7, 11) is -3.66. The Balaban J connectivity index is 1.51. The fourth-order valence-corrected chi connectivity index (χ4v) is 5.13. The Hall–Kier alpha value is -2.58. The number of aryl methyl sites for hydroxylation is 2. The van der Waals surface area contributed by atoms with E-state index < -0.39 is 16.0 Å². The number of rotatable bonds is 5. The summed E-state index contributed by atoms with van der Waals surface area (Å²) in [4.78, 5) is 12.4. The summed E-state index contributed by atoms with van der Waals surface area (Å²) in [6.45, 7) is 4.33. The monoisotopic (exact) mass is 403 g/mol. The van der Waals surface area contributed by atoms with Crippen LogP contribution in [0.5, 0.6) is 0 Å². The average molecular weight is 403 g/mol. The molecule has 3 heterocycles. The molecule has 1 aliphatic rings. The zero-order valence-electron chi connectivity index (χ0n) is 15.7. The molecule has 0 radical (unpaired) electrons. The first kappa shape index (κ1) is 18.8. The van der Waals surface area contributed by atoms with Gasteiger partial charge < -0.3 is 13.6 Å². The van der Waals surface area contributed by atoms with E-state index >= 15 is 0 Å². The lowest BCUT2D eigenvalue weighted by Gasteiger charge is -2.14. The number of ether oxygens (including phenoxy) is 1. The van der Waals surface area contributed by atoms with Crippen LogP contribution < -0.4 is 0 Å². The van der Waals surface area contributed by atoms with E-state index in [2.05, 4.69) is 0 Å². The van der Waals surface area contributed by atoms with Gasteiger partial charge >= 0.3 is 5.97 Å². The Morgan fingerprint density at radius 2 is 1.86 bits per heavy atom. The van der Waals surface area contributed by atoms with Crippen LogP contribution in [0.1, 0.15) is 40.5 Å². The number of sulfonamides is 1. The van der Waals surface area contributed by atoms with Gasteiger partial charge in [-0.1, -0.05) is 18.2 Å². The van der Waals surface area contributed by atoms with Crippen molar-refractivity contribution >= 4 is 27.0 Å². The first-order valence-corrected chi connectivity index (χ1v) is 10.6. The molecule has 3 aromatic rings. The minimum atomic E-state index is -3.66. The topological polar surface area (TPSA) is 90.0 Å². The van der Waals surface area contributed by atoms with Crippen molar-refractivity contribution in [2.24, 2.45) is 0 Å². The van der Waals surface area contributed by atoms with E-state index in [9.17, 15) is 13.2 Å². The van der Waals surface area contributed by atoms with Crippen molar-refractivity contribution in [3.8, 4) is 0 Å². The van der Waals surface area contributed by atoms with Crippen molar-refractivity contribution in [2.75, 3.05) is 13.1 Å². The van der Waals surface area contributed by atoms with Gasteiger partial charge in [0.1, 0.15) is 28.6 Å². The standard InChI is InChI=1S/C20H21NO6S/c1-13-15-7-3-4-8-16(15)27-18(13)12-25-20(22)17-11-19(14(2)26-17)28(23,24)21-9-5-6-10-21/h3-4,7-8,11H,5-6,9-10,12H2,1-2H3. The Morgan fingerprint density at radius 1 is 1.14 bits per heavy atom. The summed E-state index contributed by atoms with van der Waals surface area (Å²) in [6.07, 6.45) is 1.67. The first-order chi connectivity index (χ1) is 13.4. The fraction of sp³-hybridized carbons (Fsp3) is 0.350. The van der Waals surface area contributed by atoms with Crippen molar-refractivity contribution in [3.63, 3.8) is 0 Å². The number of esters is 1. The maximum absolute atomic E-state index is 12.7. The molecule has 4 rings (SSSR count). The number of nitrogens with zero attached hydrogens (tertiary/aromatic N) is 1. The Kier molecular flexibility index (Phi) is 4.76. The first-order valence-electron chi connectivity index (χ1n) is 9.12. The van der Waals surface area contributed by atoms with Gasteiger partial charge in [-0.3, -0.25) is 0 Å². The maximum atomic E-state index is 12.7. The molecule has 28 heavy (non-hydrogen) atoms. The van der Waals surface area contributed by atoms with Gasteiger partial charge in [-0.15, -0.1) is 0 Å². The van der Waals surface area contributed by atoms with Crippen molar-refractivity contribution in [2.45, 2.75) is 38.2 Å². The highest BCUT2D eigenvalue weighted by atomic mass is 32.2. The normalized spacial score (nSPS) is 15.4. The number of carbonyl (C=O) groups is 1. The summed E-state index contributed by atoms with van der Waals surface area (Å²) >= 11 is 0. The molecule has 7 nitrogen and oxygen atoms in total. The second-order valence-corrected chi connectivity index (χ2v) is 8.77. The van der Waals surface area contributed by atoms with Gasteiger partial charge in [-0.2, -0.15) is 4.31 Å². The van der Waals surface area contributed by atoms with E-state index in [1.807, 2.05) is 31.2 Å². The lowest BCUT2D eigenvalue weighted by molar-refractivity contribution is 0.0409. The highest BCUT2D eigenvalue weighted by molar-refractivity contribution is 7.89. The molecule has 1 fully saturated rings. The van der Waals surface area contributed by atoms with Crippen LogP contribution >= 0.6 is 0 Å². The molecule has 1 saturated heterocycles. The Bertz CT molecular complexity index is 1130. The maximum Gasteiger partial charge on any atom is 0.374 e. The summed E-state index contributed by atoms with van der Waals surface area (Å²) < 4.78 is 43.3. The van der Waals surface area contributed by atoms with Crippen molar-refractivity contribution in [1.82, 2.24) is 4.31 Å². The summed E-state index contributed by atoms with van der Waals surface area (Å²) in [5, 5.41) is 0.960. The molecule has 148 valence electrons. The number of carbonyl (C=O) groups excluding carboxylic acids is 1. The zero-order chi connectivity index (χ0) is 19.9. The molecule has 0 bridgehead atoms. The van der Waals surface area contributed by atoms with Crippen LogP contribution in [0, 0.1) is 13.8 Å². The molecule has 2 aromatic heterocycles. The number of hydrogen-bond donors (Lipinski definition) is 0. The molecule has 8 heteroatoms. The molecule has 0 saturated carbocycles. The lowest BCUT2D eigenvalue weighted by atomic mass is 10.1. The van der Waals surface area contributed by atoms with E-state index in [0.717, 1.165) is 29.4 Å². The van der Waals surface area contributed by atoms with Gasteiger partial charge in [0.2, 0.25) is 15.8 Å². The molecular formula is C20H21NO6S. The van der Waals surface area contributed by atoms with Crippen LogP contribution in [0.3, 0.4) is 0 Å². The van der Waals surface area contributed by atoms with Crippen molar-refractivity contribution in [3.05, 3.63) is 53.2 Å².